The summed E-state index contributed by atoms with van der Waals surface area (Å²) in [5, 5.41) is 0. The Morgan fingerprint density at radius 3 is 2.44 bits per heavy atom. The Morgan fingerprint density at radius 2 is 2.11 bits per heavy atom. The van der Waals surface area contributed by atoms with Gasteiger partial charge in [-0.05, 0) is 0 Å². The number of hydrogen-bond acceptors (Lipinski definition) is 0. The van der Waals surface area contributed by atoms with Crippen LogP contribution in [0.5, 0.6) is 0 Å². The van der Waals surface area contributed by atoms with Crippen LogP contribution < -0.4 is 0 Å². The Morgan fingerprint density at radius 1 is 1.44 bits per heavy atom. The third-order valence-corrected chi connectivity index (χ3v) is 14.4. The molecule has 1 aliphatic carbocycles. The van der Waals surface area contributed by atoms with Crippen molar-refractivity contribution in [1.29, 1.82) is 0 Å². The molecule has 0 saturated heterocycles. The molecule has 0 aromatic heterocycles. The Bertz CT molecular complexity index is 118. The zero-order chi connectivity index (χ0) is 6.69. The fraction of sp³-hybridized carbons (Fsp3) is 1.00. The molecule has 9 heavy (non-hydrogen) atoms. The van der Waals surface area contributed by atoms with Crippen LogP contribution in [0.1, 0.15) is 19.3 Å². The summed E-state index contributed by atoms with van der Waals surface area (Å²) < 4.78 is 0. The van der Waals surface area contributed by atoms with Gasteiger partial charge >= 0.3 is 72.3 Å². The molecule has 0 nitrogen and oxygen atoms in total. The van der Waals surface area contributed by atoms with E-state index in [4.69, 9.17) is 17.2 Å². The van der Waals surface area contributed by atoms with Crippen molar-refractivity contribution in [2.75, 3.05) is 0 Å². The van der Waals surface area contributed by atoms with E-state index >= 15 is 0 Å². The van der Waals surface area contributed by atoms with Gasteiger partial charge in [-0.1, -0.05) is 0 Å². The summed E-state index contributed by atoms with van der Waals surface area (Å²) in [5.74, 6) is 1.01. The van der Waals surface area contributed by atoms with E-state index in [1.54, 1.807) is 0 Å². The van der Waals surface area contributed by atoms with Gasteiger partial charge in [0.25, 0.3) is 0 Å². The topological polar surface area (TPSA) is 0 Å². The molecule has 1 saturated carbocycles. The molecule has 0 amide bonds. The van der Waals surface area contributed by atoms with E-state index < -0.39 is 17.7 Å². The first-order valence-corrected chi connectivity index (χ1v) is 18.7. The molecule has 4 heteroatoms. The zero-order valence-electron chi connectivity index (χ0n) is 5.16. The zero-order valence-corrected chi connectivity index (χ0v) is 11.3. The van der Waals surface area contributed by atoms with Crippen LogP contribution in [0.4, 0.5) is 0 Å². The quantitative estimate of drug-likeness (QED) is 0.675. The Kier molecular flexibility index (Phi) is 4.41. The minimum atomic E-state index is -1.84. The van der Waals surface area contributed by atoms with E-state index in [1.807, 2.05) is 0 Å². The van der Waals surface area contributed by atoms with Gasteiger partial charge < -0.3 is 0 Å². The summed E-state index contributed by atoms with van der Waals surface area (Å²) in [6.07, 6.45) is 5.30. The van der Waals surface area contributed by atoms with Crippen molar-refractivity contribution in [3.8, 4) is 0 Å². The third kappa shape index (κ3) is 3.54. The molecule has 0 N–H and O–H groups in total. The number of halogens is 2. The second-order valence-electron chi connectivity index (χ2n) is 2.44. The summed E-state index contributed by atoms with van der Waals surface area (Å²) in [4.78, 5) is 0. The average Bonchev–Trinajstić information content (AvgIpc) is 1.60. The van der Waals surface area contributed by atoms with E-state index in [0.717, 1.165) is 12.1 Å². The van der Waals surface area contributed by atoms with Crippen molar-refractivity contribution < 1.29 is 17.7 Å². The van der Waals surface area contributed by atoms with Gasteiger partial charge in [0.05, 0.1) is 0 Å². The second-order valence-corrected chi connectivity index (χ2v) is 25.9. The molecule has 0 atom stereocenters. The molecule has 1 fully saturated rings. The van der Waals surface area contributed by atoms with Gasteiger partial charge in [-0.2, -0.15) is 0 Å². The van der Waals surface area contributed by atoms with Crippen LogP contribution >= 0.6 is 17.2 Å². The average molecular weight is 347 g/mol. The monoisotopic (exact) mass is 347 g/mol. The van der Waals surface area contributed by atoms with Crippen LogP contribution in [0, 0.1) is 5.92 Å². The Hall–Kier alpha value is 1.67. The molecule has 1 aliphatic rings. The van der Waals surface area contributed by atoms with Crippen LogP contribution in [0.15, 0.2) is 0 Å². The van der Waals surface area contributed by atoms with Crippen LogP contribution in [0.2, 0.25) is 6.04 Å². The molecule has 0 unspecified atom stereocenters. The predicted molar refractivity (Wildman–Crippen MR) is 39.6 cm³/mol. The van der Waals surface area contributed by atoms with Gasteiger partial charge in [-0.25, -0.2) is 0 Å². The van der Waals surface area contributed by atoms with Crippen molar-refractivity contribution in [1.82, 2.24) is 0 Å². The van der Waals surface area contributed by atoms with E-state index in [0.29, 0.717) is 0 Å². The minimum absolute atomic E-state index is 0.971. The van der Waals surface area contributed by atoms with Crippen LogP contribution in [-0.4, -0.2) is 6.22 Å². The summed E-state index contributed by atoms with van der Waals surface area (Å²) >= 11 is -1.84. The first-order chi connectivity index (χ1) is 4.29. The van der Waals surface area contributed by atoms with Crippen molar-refractivity contribution in [2.24, 2.45) is 5.92 Å². The van der Waals surface area contributed by atoms with Crippen LogP contribution in [-0.2, 0) is 17.7 Å². The molecule has 0 aromatic carbocycles. The van der Waals surface area contributed by atoms with Gasteiger partial charge in [-0.3, -0.25) is 0 Å². The molecule has 51 valence electrons. The molecular formula is C5H9Cl2HfSi. The maximum atomic E-state index is 5.79. The van der Waals surface area contributed by atoms with Crippen LogP contribution in [0.3, 0.4) is 0 Å². The molecule has 0 heterocycles. The Labute approximate surface area is 71.7 Å². The predicted octanol–water partition coefficient (Wildman–Crippen LogP) is 2.75. The molecule has 0 spiro atoms. The third-order valence-electron chi connectivity index (χ3n) is 1.75. The van der Waals surface area contributed by atoms with E-state index in [2.05, 4.69) is 0 Å². The molecule has 0 bridgehead atoms. The van der Waals surface area contributed by atoms with Gasteiger partial charge in [0.15, 0.2) is 0 Å². The maximum absolute atomic E-state index is 5.79. The SMILES string of the molecule is [Cl][Hf]([Cl])=[Si]CC1CCC1. The normalized spacial score (nSPS) is 18.9. The molecular weight excluding hydrogens is 338 g/mol. The van der Waals surface area contributed by atoms with Gasteiger partial charge in [0.1, 0.15) is 0 Å². The van der Waals surface area contributed by atoms with Crippen molar-refractivity contribution >= 4 is 23.4 Å². The summed E-state index contributed by atoms with van der Waals surface area (Å²) in [6, 6.07) is 1.36. The first-order valence-electron chi connectivity index (χ1n) is 3.21. The van der Waals surface area contributed by atoms with Gasteiger partial charge in [0, 0.05) is 0 Å². The van der Waals surface area contributed by atoms with E-state index in [-0.39, 0.29) is 0 Å². The Balaban J connectivity index is 2.10. The standard InChI is InChI=1S/C5H9Si.2ClH.Hf/c6-4-5-2-1-3-5;;;/h5H,1-4H2;2*1H;/q;;;+2/p-2. The van der Waals surface area contributed by atoms with Crippen LogP contribution in [0.25, 0.3) is 0 Å². The van der Waals surface area contributed by atoms with E-state index in [1.165, 1.54) is 25.3 Å². The van der Waals surface area contributed by atoms with Gasteiger partial charge in [0.2, 0.25) is 0 Å². The molecule has 1 radical (unpaired) electrons. The fourth-order valence-corrected chi connectivity index (χ4v) is 10.3. The number of hydrogen-bond donors (Lipinski definition) is 0. The molecule has 0 aromatic rings. The first kappa shape index (κ1) is 8.76. The summed E-state index contributed by atoms with van der Waals surface area (Å²) in [6.45, 7) is 0. The van der Waals surface area contributed by atoms with E-state index in [9.17, 15) is 0 Å². The summed E-state index contributed by atoms with van der Waals surface area (Å²) in [5.41, 5.74) is 0. The van der Waals surface area contributed by atoms with Gasteiger partial charge in [-0.15, -0.1) is 0 Å². The number of rotatable bonds is 2. The van der Waals surface area contributed by atoms with Crippen molar-refractivity contribution in [3.63, 3.8) is 0 Å². The second kappa shape index (κ2) is 4.53. The fourth-order valence-electron chi connectivity index (χ4n) is 0.918. The molecule has 1 rings (SSSR count). The summed E-state index contributed by atoms with van der Waals surface area (Å²) in [7, 11) is 11.6. The van der Waals surface area contributed by atoms with Crippen molar-refractivity contribution in [3.05, 3.63) is 0 Å². The molecule has 0 aliphatic heterocycles. The van der Waals surface area contributed by atoms with Crippen molar-refractivity contribution in [2.45, 2.75) is 25.3 Å².